The Balaban J connectivity index is 2.43. The number of carbonyl (C=O) groups excluding carboxylic acids is 2. The lowest BCUT2D eigenvalue weighted by Gasteiger charge is -2.30. The zero-order valence-electron chi connectivity index (χ0n) is 9.87. The van der Waals surface area contributed by atoms with E-state index in [0.29, 0.717) is 11.3 Å². The van der Waals surface area contributed by atoms with E-state index in [0.717, 1.165) is 0 Å². The molecule has 0 bridgehead atoms. The van der Waals surface area contributed by atoms with Crippen LogP contribution in [-0.4, -0.2) is 22.7 Å². The third-order valence-electron chi connectivity index (χ3n) is 2.46. The average molecular weight is 235 g/mol. The quantitative estimate of drug-likeness (QED) is 0.456. The molecule has 0 aromatic carbocycles. The Bertz CT molecular complexity index is 475. The summed E-state index contributed by atoms with van der Waals surface area (Å²) in [6.45, 7) is 4.70. The number of carbonyl (C=O) groups is 2. The fourth-order valence-corrected chi connectivity index (χ4v) is 1.66. The van der Waals surface area contributed by atoms with Crippen LogP contribution in [0.5, 0.6) is 0 Å². The first kappa shape index (κ1) is 11.4. The molecule has 0 aliphatic carbocycles. The summed E-state index contributed by atoms with van der Waals surface area (Å²) in [7, 11) is 0. The molecule has 1 aliphatic heterocycles. The minimum Gasteiger partial charge on any atom is -0.419 e. The molecule has 0 atom stereocenters. The van der Waals surface area contributed by atoms with E-state index < -0.39 is 17.7 Å². The van der Waals surface area contributed by atoms with Crippen LogP contribution in [-0.2, 0) is 19.1 Å². The maximum atomic E-state index is 11.8. The summed E-state index contributed by atoms with van der Waals surface area (Å²) in [4.78, 5) is 26.4. The van der Waals surface area contributed by atoms with E-state index in [9.17, 15) is 9.59 Å². The summed E-state index contributed by atoms with van der Waals surface area (Å²) in [6.07, 6.45) is 1.71. The van der Waals surface area contributed by atoms with Crippen molar-refractivity contribution >= 4 is 17.5 Å². The Morgan fingerprint density at radius 2 is 1.82 bits per heavy atom. The maximum absolute atomic E-state index is 11.8. The first-order chi connectivity index (χ1) is 7.91. The van der Waals surface area contributed by atoms with Crippen molar-refractivity contribution in [2.24, 2.45) is 0 Å². The van der Waals surface area contributed by atoms with Crippen molar-refractivity contribution in [1.82, 2.24) is 4.98 Å². The molecular formula is C12H13NO4. The van der Waals surface area contributed by atoms with Crippen molar-refractivity contribution in [2.75, 3.05) is 0 Å². The van der Waals surface area contributed by atoms with E-state index in [4.69, 9.17) is 9.47 Å². The van der Waals surface area contributed by atoms with Gasteiger partial charge in [-0.3, -0.25) is 0 Å². The number of allylic oxidation sites excluding steroid dienone is 1. The van der Waals surface area contributed by atoms with Gasteiger partial charge in [0.25, 0.3) is 5.79 Å². The van der Waals surface area contributed by atoms with E-state index >= 15 is 0 Å². The number of esters is 2. The SMILES string of the molecule is CC(=C1C(=O)OC(C)(C)OC1=O)c1ccc[nH]1. The summed E-state index contributed by atoms with van der Waals surface area (Å²) in [5.74, 6) is -2.51. The number of H-pyrrole nitrogens is 1. The number of hydrogen-bond donors (Lipinski definition) is 1. The highest BCUT2D eigenvalue weighted by Gasteiger charge is 2.40. The summed E-state index contributed by atoms with van der Waals surface area (Å²) < 4.78 is 10.0. The van der Waals surface area contributed by atoms with Gasteiger partial charge in [-0.2, -0.15) is 0 Å². The molecule has 1 aromatic rings. The van der Waals surface area contributed by atoms with E-state index in [-0.39, 0.29) is 5.57 Å². The van der Waals surface area contributed by atoms with Crippen molar-refractivity contribution in [3.8, 4) is 0 Å². The van der Waals surface area contributed by atoms with Crippen LogP contribution in [0.2, 0.25) is 0 Å². The second-order valence-electron chi connectivity index (χ2n) is 4.26. The molecule has 90 valence electrons. The van der Waals surface area contributed by atoms with Crippen molar-refractivity contribution < 1.29 is 19.1 Å². The van der Waals surface area contributed by atoms with Gasteiger partial charge < -0.3 is 14.5 Å². The predicted molar refractivity (Wildman–Crippen MR) is 59.6 cm³/mol. The predicted octanol–water partition coefficient (Wildman–Crippen LogP) is 1.62. The molecular weight excluding hydrogens is 222 g/mol. The molecule has 5 nitrogen and oxygen atoms in total. The Kier molecular flexibility index (Phi) is 2.53. The molecule has 2 rings (SSSR count). The van der Waals surface area contributed by atoms with Gasteiger partial charge in [0.05, 0.1) is 0 Å². The van der Waals surface area contributed by atoms with Gasteiger partial charge in [0.1, 0.15) is 5.57 Å². The Labute approximate surface area is 98.4 Å². The number of ether oxygens (including phenoxy) is 2. The molecule has 2 heterocycles. The summed E-state index contributed by atoms with van der Waals surface area (Å²) in [6, 6.07) is 3.55. The van der Waals surface area contributed by atoms with Gasteiger partial charge in [-0.1, -0.05) is 0 Å². The van der Waals surface area contributed by atoms with Crippen molar-refractivity contribution in [3.63, 3.8) is 0 Å². The standard InChI is InChI=1S/C12H13NO4/c1-7(8-5-4-6-13-8)9-10(14)16-12(2,3)17-11(9)15/h4-6,13H,1-3H3. The van der Waals surface area contributed by atoms with Crippen LogP contribution in [0.4, 0.5) is 0 Å². The van der Waals surface area contributed by atoms with Crippen LogP contribution in [0.25, 0.3) is 5.57 Å². The number of aromatic amines is 1. The lowest BCUT2D eigenvalue weighted by atomic mass is 10.1. The average Bonchev–Trinajstić information content (AvgIpc) is 2.66. The van der Waals surface area contributed by atoms with E-state index in [2.05, 4.69) is 4.98 Å². The lowest BCUT2D eigenvalue weighted by Crippen LogP contribution is -2.42. The highest BCUT2D eigenvalue weighted by Crippen LogP contribution is 2.27. The molecule has 1 aromatic heterocycles. The van der Waals surface area contributed by atoms with Crippen LogP contribution in [0.1, 0.15) is 26.5 Å². The Morgan fingerprint density at radius 3 is 2.29 bits per heavy atom. The summed E-state index contributed by atoms with van der Waals surface area (Å²) in [5, 5.41) is 0. The molecule has 0 spiro atoms. The zero-order chi connectivity index (χ0) is 12.6. The van der Waals surface area contributed by atoms with Crippen LogP contribution in [0, 0.1) is 0 Å². The molecule has 0 saturated carbocycles. The van der Waals surface area contributed by atoms with Crippen molar-refractivity contribution in [3.05, 3.63) is 29.6 Å². The van der Waals surface area contributed by atoms with Gasteiger partial charge in [0.2, 0.25) is 0 Å². The number of cyclic esters (lactones) is 2. The van der Waals surface area contributed by atoms with E-state index in [1.165, 1.54) is 13.8 Å². The first-order valence-corrected chi connectivity index (χ1v) is 5.22. The first-order valence-electron chi connectivity index (χ1n) is 5.22. The fourth-order valence-electron chi connectivity index (χ4n) is 1.66. The minimum absolute atomic E-state index is 0.0632. The van der Waals surface area contributed by atoms with E-state index in [1.54, 1.807) is 25.3 Å². The maximum Gasteiger partial charge on any atom is 0.349 e. The third-order valence-corrected chi connectivity index (χ3v) is 2.46. The Morgan fingerprint density at radius 1 is 1.24 bits per heavy atom. The van der Waals surface area contributed by atoms with Gasteiger partial charge in [0, 0.05) is 25.7 Å². The van der Waals surface area contributed by atoms with Crippen molar-refractivity contribution in [2.45, 2.75) is 26.6 Å². The van der Waals surface area contributed by atoms with Gasteiger partial charge >= 0.3 is 11.9 Å². The molecule has 0 unspecified atom stereocenters. The Hall–Kier alpha value is -2.04. The van der Waals surface area contributed by atoms with E-state index in [1.807, 2.05) is 0 Å². The van der Waals surface area contributed by atoms with Gasteiger partial charge in [-0.05, 0) is 24.6 Å². The molecule has 1 N–H and O–H groups in total. The van der Waals surface area contributed by atoms with Gasteiger partial charge in [-0.25, -0.2) is 9.59 Å². The molecule has 17 heavy (non-hydrogen) atoms. The highest BCUT2D eigenvalue weighted by atomic mass is 16.7. The second kappa shape index (κ2) is 3.76. The molecule has 1 aliphatic rings. The normalized spacial score (nSPS) is 18.6. The van der Waals surface area contributed by atoms with Crippen LogP contribution >= 0.6 is 0 Å². The monoisotopic (exact) mass is 235 g/mol. The fraction of sp³-hybridized carbons (Fsp3) is 0.333. The largest absolute Gasteiger partial charge is 0.419 e. The van der Waals surface area contributed by atoms with Gasteiger partial charge in [-0.15, -0.1) is 0 Å². The number of aromatic nitrogens is 1. The van der Waals surface area contributed by atoms with Crippen LogP contribution < -0.4 is 0 Å². The number of rotatable bonds is 1. The number of hydrogen-bond acceptors (Lipinski definition) is 4. The lowest BCUT2D eigenvalue weighted by molar-refractivity contribution is -0.222. The molecule has 0 radical (unpaired) electrons. The van der Waals surface area contributed by atoms with Crippen LogP contribution in [0.15, 0.2) is 23.9 Å². The number of nitrogens with one attached hydrogen (secondary N) is 1. The molecule has 5 heteroatoms. The third kappa shape index (κ3) is 2.08. The molecule has 1 fully saturated rings. The highest BCUT2D eigenvalue weighted by molar-refractivity contribution is 6.20. The smallest absolute Gasteiger partial charge is 0.349 e. The summed E-state index contributed by atoms with van der Waals surface area (Å²) >= 11 is 0. The second-order valence-corrected chi connectivity index (χ2v) is 4.26. The van der Waals surface area contributed by atoms with Crippen molar-refractivity contribution in [1.29, 1.82) is 0 Å². The van der Waals surface area contributed by atoms with Gasteiger partial charge in [0.15, 0.2) is 0 Å². The minimum atomic E-state index is -1.20. The molecule has 1 saturated heterocycles. The molecule has 0 amide bonds. The topological polar surface area (TPSA) is 68.4 Å². The summed E-state index contributed by atoms with van der Waals surface area (Å²) in [5.41, 5.74) is 1.14. The van der Waals surface area contributed by atoms with Crippen LogP contribution in [0.3, 0.4) is 0 Å². The zero-order valence-corrected chi connectivity index (χ0v) is 9.87.